The molecule has 0 spiro atoms. The number of carbonyl (C=O) groups is 1. The lowest BCUT2D eigenvalue weighted by molar-refractivity contribution is -0.115. The molecule has 0 saturated heterocycles. The van der Waals surface area contributed by atoms with Crippen LogP contribution < -0.4 is 5.32 Å². The Morgan fingerprint density at radius 3 is 2.67 bits per heavy atom. The zero-order valence-electron chi connectivity index (χ0n) is 12.9. The molecule has 0 bridgehead atoms. The van der Waals surface area contributed by atoms with E-state index in [0.29, 0.717) is 0 Å². The number of hydrogen-bond donors (Lipinski definition) is 1. The molecular formula is C19H15F2NO2. The SMILES string of the molecule is O=C(Cc1coc2cc3c(cc12)CCC3)Nc1ccc(F)c(F)c1. The fraction of sp³-hybridized carbons (Fsp3) is 0.211. The van der Waals surface area contributed by atoms with Gasteiger partial charge in [-0.3, -0.25) is 4.79 Å². The summed E-state index contributed by atoms with van der Waals surface area (Å²) >= 11 is 0. The Bertz CT molecular complexity index is 946. The number of halogens is 2. The molecule has 2 aromatic carbocycles. The Hall–Kier alpha value is -2.69. The summed E-state index contributed by atoms with van der Waals surface area (Å²) in [4.78, 5) is 12.2. The first-order valence-electron chi connectivity index (χ1n) is 7.87. The second-order valence-electron chi connectivity index (χ2n) is 6.09. The van der Waals surface area contributed by atoms with Gasteiger partial charge in [0.05, 0.1) is 12.7 Å². The predicted octanol–water partition coefficient (Wildman–Crippen LogP) is 4.38. The molecular weight excluding hydrogens is 312 g/mol. The first kappa shape index (κ1) is 14.9. The van der Waals surface area contributed by atoms with E-state index in [4.69, 9.17) is 4.42 Å². The first-order valence-corrected chi connectivity index (χ1v) is 7.87. The molecule has 0 saturated carbocycles. The van der Waals surface area contributed by atoms with Gasteiger partial charge in [-0.25, -0.2) is 8.78 Å². The van der Waals surface area contributed by atoms with E-state index >= 15 is 0 Å². The van der Waals surface area contributed by atoms with Crippen molar-refractivity contribution in [3.8, 4) is 0 Å². The van der Waals surface area contributed by atoms with Gasteiger partial charge >= 0.3 is 0 Å². The van der Waals surface area contributed by atoms with Crippen LogP contribution in [0, 0.1) is 11.6 Å². The van der Waals surface area contributed by atoms with Gasteiger partial charge in [0.2, 0.25) is 5.91 Å². The Morgan fingerprint density at radius 2 is 1.88 bits per heavy atom. The number of furan rings is 1. The summed E-state index contributed by atoms with van der Waals surface area (Å²) in [6, 6.07) is 7.43. The molecule has 24 heavy (non-hydrogen) atoms. The Morgan fingerprint density at radius 1 is 1.08 bits per heavy atom. The Labute approximate surface area is 137 Å². The molecule has 1 aliphatic rings. The zero-order valence-corrected chi connectivity index (χ0v) is 12.9. The lowest BCUT2D eigenvalue weighted by Crippen LogP contribution is -2.14. The molecule has 5 heteroatoms. The second kappa shape index (κ2) is 5.74. The van der Waals surface area contributed by atoms with E-state index < -0.39 is 11.6 Å². The van der Waals surface area contributed by atoms with Crippen LogP contribution in [0.5, 0.6) is 0 Å². The predicted molar refractivity (Wildman–Crippen MR) is 86.9 cm³/mol. The van der Waals surface area contributed by atoms with E-state index in [-0.39, 0.29) is 18.0 Å². The minimum Gasteiger partial charge on any atom is -0.464 e. The summed E-state index contributed by atoms with van der Waals surface area (Å²) in [5, 5.41) is 3.52. The van der Waals surface area contributed by atoms with Crippen molar-refractivity contribution in [2.24, 2.45) is 0 Å². The molecule has 4 rings (SSSR count). The fourth-order valence-corrected chi connectivity index (χ4v) is 3.24. The van der Waals surface area contributed by atoms with Crippen molar-refractivity contribution in [3.63, 3.8) is 0 Å². The molecule has 122 valence electrons. The van der Waals surface area contributed by atoms with E-state index in [2.05, 4.69) is 17.4 Å². The number of fused-ring (bicyclic) bond motifs is 2. The summed E-state index contributed by atoms with van der Waals surface area (Å²) in [7, 11) is 0. The highest BCUT2D eigenvalue weighted by Crippen LogP contribution is 2.30. The topological polar surface area (TPSA) is 42.2 Å². The number of hydrogen-bond acceptors (Lipinski definition) is 2. The monoisotopic (exact) mass is 327 g/mol. The maximum atomic E-state index is 13.2. The van der Waals surface area contributed by atoms with Crippen molar-refractivity contribution >= 4 is 22.6 Å². The van der Waals surface area contributed by atoms with Gasteiger partial charge in [-0.2, -0.15) is 0 Å². The molecule has 1 N–H and O–H groups in total. The van der Waals surface area contributed by atoms with Gasteiger partial charge in [0.1, 0.15) is 5.58 Å². The molecule has 1 aliphatic carbocycles. The van der Waals surface area contributed by atoms with Crippen LogP contribution in [0.1, 0.15) is 23.1 Å². The maximum absolute atomic E-state index is 13.2. The van der Waals surface area contributed by atoms with Gasteiger partial charge in [-0.05, 0) is 54.7 Å². The van der Waals surface area contributed by atoms with Gasteiger partial charge in [-0.1, -0.05) is 0 Å². The van der Waals surface area contributed by atoms with E-state index in [1.54, 1.807) is 6.26 Å². The summed E-state index contributed by atoms with van der Waals surface area (Å²) < 4.78 is 31.7. The molecule has 0 radical (unpaired) electrons. The van der Waals surface area contributed by atoms with E-state index in [9.17, 15) is 13.6 Å². The third kappa shape index (κ3) is 2.66. The van der Waals surface area contributed by atoms with Gasteiger partial charge in [0.25, 0.3) is 0 Å². The van der Waals surface area contributed by atoms with Crippen LogP contribution in [0.3, 0.4) is 0 Å². The number of aryl methyl sites for hydroxylation is 2. The van der Waals surface area contributed by atoms with Crippen LogP contribution in [0.2, 0.25) is 0 Å². The van der Waals surface area contributed by atoms with Crippen LogP contribution in [0.15, 0.2) is 41.0 Å². The number of benzene rings is 2. The molecule has 1 aromatic heterocycles. The highest BCUT2D eigenvalue weighted by molar-refractivity contribution is 5.95. The largest absolute Gasteiger partial charge is 0.464 e. The van der Waals surface area contributed by atoms with Crippen LogP contribution >= 0.6 is 0 Å². The second-order valence-corrected chi connectivity index (χ2v) is 6.09. The van der Waals surface area contributed by atoms with Crippen molar-refractivity contribution < 1.29 is 18.0 Å². The smallest absolute Gasteiger partial charge is 0.228 e. The van der Waals surface area contributed by atoms with E-state index in [1.165, 1.54) is 17.2 Å². The molecule has 0 atom stereocenters. The zero-order chi connectivity index (χ0) is 16.7. The first-order chi connectivity index (χ1) is 11.6. The van der Waals surface area contributed by atoms with Crippen LogP contribution in [-0.2, 0) is 24.1 Å². The van der Waals surface area contributed by atoms with E-state index in [1.807, 2.05) is 0 Å². The standard InChI is InChI=1S/C19H15F2NO2/c20-16-5-4-14(9-17(16)21)22-19(23)8-13-10-24-18-7-12-3-1-2-11(12)6-15(13)18/h4-7,9-10H,1-3,8H2,(H,22,23). The van der Waals surface area contributed by atoms with Gasteiger partial charge < -0.3 is 9.73 Å². The lowest BCUT2D eigenvalue weighted by Gasteiger charge is -2.05. The number of nitrogens with one attached hydrogen (secondary N) is 1. The maximum Gasteiger partial charge on any atom is 0.228 e. The molecule has 0 aliphatic heterocycles. The van der Waals surface area contributed by atoms with Crippen molar-refractivity contribution in [1.82, 2.24) is 0 Å². The van der Waals surface area contributed by atoms with Gasteiger partial charge in [0, 0.05) is 22.7 Å². The quantitative estimate of drug-likeness (QED) is 0.775. The number of rotatable bonds is 3. The summed E-state index contributed by atoms with van der Waals surface area (Å²) in [6.45, 7) is 0. The molecule has 0 unspecified atom stereocenters. The minimum atomic E-state index is -0.989. The average Bonchev–Trinajstić information content (AvgIpc) is 3.15. The summed E-state index contributed by atoms with van der Waals surface area (Å²) in [6.07, 6.45) is 4.97. The number of anilines is 1. The summed E-state index contributed by atoms with van der Waals surface area (Å²) in [5.74, 6) is -2.23. The van der Waals surface area contributed by atoms with Gasteiger partial charge in [0.15, 0.2) is 11.6 Å². The van der Waals surface area contributed by atoms with Crippen LogP contribution in [-0.4, -0.2) is 5.91 Å². The molecule has 3 nitrogen and oxygen atoms in total. The highest BCUT2D eigenvalue weighted by Gasteiger charge is 2.17. The van der Waals surface area contributed by atoms with Crippen molar-refractivity contribution in [2.75, 3.05) is 5.32 Å². The number of carbonyl (C=O) groups excluding carboxylic acids is 1. The minimum absolute atomic E-state index is 0.116. The molecule has 1 amide bonds. The fourth-order valence-electron chi connectivity index (χ4n) is 3.24. The third-order valence-electron chi connectivity index (χ3n) is 4.42. The Balaban J connectivity index is 1.55. The van der Waals surface area contributed by atoms with Crippen molar-refractivity contribution in [1.29, 1.82) is 0 Å². The summed E-state index contributed by atoms with van der Waals surface area (Å²) in [5.41, 5.74) is 4.43. The van der Waals surface area contributed by atoms with Crippen LogP contribution in [0.4, 0.5) is 14.5 Å². The Kier molecular flexibility index (Phi) is 3.56. The number of amides is 1. The molecule has 0 fully saturated rings. The van der Waals surface area contributed by atoms with Crippen LogP contribution in [0.25, 0.3) is 11.0 Å². The van der Waals surface area contributed by atoms with Gasteiger partial charge in [-0.15, -0.1) is 0 Å². The lowest BCUT2D eigenvalue weighted by atomic mass is 10.0. The highest BCUT2D eigenvalue weighted by atomic mass is 19.2. The molecule has 1 heterocycles. The average molecular weight is 327 g/mol. The van der Waals surface area contributed by atoms with Crippen molar-refractivity contribution in [2.45, 2.75) is 25.7 Å². The normalized spacial score (nSPS) is 13.2. The van der Waals surface area contributed by atoms with E-state index in [0.717, 1.165) is 47.9 Å². The van der Waals surface area contributed by atoms with Crippen molar-refractivity contribution in [3.05, 3.63) is 64.9 Å². The third-order valence-corrected chi connectivity index (χ3v) is 4.42. The molecule has 3 aromatic rings.